The van der Waals surface area contributed by atoms with Crippen LogP contribution in [0.1, 0.15) is 75.9 Å². The highest BCUT2D eigenvalue weighted by Gasteiger charge is 2.28. The number of ether oxygens (including phenoxy) is 2. The van der Waals surface area contributed by atoms with E-state index >= 15 is 0 Å². The molecule has 1 heterocycles. The first-order chi connectivity index (χ1) is 15.5. The summed E-state index contributed by atoms with van der Waals surface area (Å²) in [7, 11) is 1.59. The van der Waals surface area contributed by atoms with E-state index in [4.69, 9.17) is 19.4 Å². The van der Waals surface area contributed by atoms with Gasteiger partial charge in [-0.25, -0.2) is 9.97 Å². The van der Waals surface area contributed by atoms with Crippen LogP contribution >= 0.6 is 0 Å². The number of methoxy groups -OCH3 is 1. The Bertz CT molecular complexity index is 930. The van der Waals surface area contributed by atoms with Crippen LogP contribution in [0.3, 0.4) is 0 Å². The fourth-order valence-corrected chi connectivity index (χ4v) is 4.48. The topological polar surface area (TPSA) is 56.3 Å². The number of alkyl halides is 2. The van der Waals surface area contributed by atoms with Gasteiger partial charge in [-0.3, -0.25) is 0 Å². The maximum atomic E-state index is 13.4. The van der Waals surface area contributed by atoms with Crippen LogP contribution in [0.5, 0.6) is 11.5 Å². The summed E-state index contributed by atoms with van der Waals surface area (Å²) >= 11 is 0. The molecule has 2 aromatic rings. The molecule has 5 nitrogen and oxygen atoms in total. The molecule has 7 heteroatoms. The van der Waals surface area contributed by atoms with Gasteiger partial charge in [0.2, 0.25) is 0 Å². The van der Waals surface area contributed by atoms with Gasteiger partial charge in [-0.2, -0.15) is 8.78 Å². The molecule has 0 fully saturated rings. The second-order valence-electron chi connectivity index (χ2n) is 8.19. The minimum absolute atomic E-state index is 0.115. The Morgan fingerprint density at radius 3 is 2.28 bits per heavy atom. The van der Waals surface area contributed by atoms with Crippen LogP contribution in [0, 0.1) is 0 Å². The molecule has 0 saturated carbocycles. The Kier molecular flexibility index (Phi) is 8.26. The summed E-state index contributed by atoms with van der Waals surface area (Å²) in [5, 5.41) is 3.52. The number of anilines is 1. The first-order valence-corrected chi connectivity index (χ1v) is 11.8. The molecule has 0 radical (unpaired) electrons. The van der Waals surface area contributed by atoms with Crippen LogP contribution in [-0.2, 0) is 25.7 Å². The lowest BCUT2D eigenvalue weighted by Crippen LogP contribution is -2.20. The number of aromatic nitrogens is 2. The van der Waals surface area contributed by atoms with Gasteiger partial charge < -0.3 is 14.8 Å². The van der Waals surface area contributed by atoms with E-state index in [9.17, 15) is 8.78 Å². The average molecular weight is 448 g/mol. The predicted molar refractivity (Wildman–Crippen MR) is 124 cm³/mol. The molecule has 1 aromatic carbocycles. The van der Waals surface area contributed by atoms with E-state index in [1.807, 2.05) is 13.8 Å². The van der Waals surface area contributed by atoms with Crippen LogP contribution in [0.4, 0.5) is 14.6 Å². The van der Waals surface area contributed by atoms with Gasteiger partial charge in [0.05, 0.1) is 29.8 Å². The van der Waals surface area contributed by atoms with Gasteiger partial charge in [-0.05, 0) is 68.6 Å². The SMILES string of the molecule is CCc1nc(-c2c(OC(F)F)cc3c(c2OC)CCCC3)c(CC)nc1NC(CC)CC. The highest BCUT2D eigenvalue weighted by Crippen LogP contribution is 2.46. The standard InChI is InChI=1S/C25H35F2N3O2/c1-6-16(7-2)28-24-19(9-4)29-22(18(8-3)30-24)21-20(32-25(26)27)14-15-12-10-11-13-17(15)23(21)31-5/h14,16,25H,6-13H2,1-5H3,(H,28,30). The highest BCUT2D eigenvalue weighted by atomic mass is 19.3. The largest absolute Gasteiger partial charge is 0.496 e. The van der Waals surface area contributed by atoms with Crippen LogP contribution in [0.15, 0.2) is 6.07 Å². The summed E-state index contributed by atoms with van der Waals surface area (Å²) in [5.41, 5.74) is 4.69. The van der Waals surface area contributed by atoms with Crippen molar-refractivity contribution in [2.45, 2.75) is 91.7 Å². The lowest BCUT2D eigenvalue weighted by Gasteiger charge is -2.25. The smallest absolute Gasteiger partial charge is 0.387 e. The second-order valence-corrected chi connectivity index (χ2v) is 8.19. The number of halogens is 2. The monoisotopic (exact) mass is 447 g/mol. The van der Waals surface area contributed by atoms with Crippen molar-refractivity contribution in [3.63, 3.8) is 0 Å². The summed E-state index contributed by atoms with van der Waals surface area (Å²) in [6, 6.07) is 2.06. The zero-order chi connectivity index (χ0) is 23.3. The molecule has 1 N–H and O–H groups in total. The van der Waals surface area contributed by atoms with Crippen molar-refractivity contribution in [1.82, 2.24) is 9.97 Å². The Balaban J connectivity index is 2.25. The van der Waals surface area contributed by atoms with Gasteiger partial charge in [0.25, 0.3) is 0 Å². The zero-order valence-electron chi connectivity index (χ0n) is 19.9. The van der Waals surface area contributed by atoms with Crippen LogP contribution in [-0.4, -0.2) is 29.7 Å². The summed E-state index contributed by atoms with van der Waals surface area (Å²) in [6.45, 7) is 5.37. The molecule has 0 bridgehead atoms. The molecule has 0 amide bonds. The minimum atomic E-state index is -2.93. The molecule has 0 aliphatic heterocycles. The molecular weight excluding hydrogens is 412 g/mol. The third kappa shape index (κ3) is 4.97. The first-order valence-electron chi connectivity index (χ1n) is 11.8. The van der Waals surface area contributed by atoms with Crippen molar-refractivity contribution in [3.8, 4) is 22.8 Å². The zero-order valence-corrected chi connectivity index (χ0v) is 19.9. The number of aryl methyl sites for hydroxylation is 3. The van der Waals surface area contributed by atoms with E-state index in [2.05, 4.69) is 19.2 Å². The first kappa shape index (κ1) is 24.2. The Hall–Kier alpha value is -2.44. The van der Waals surface area contributed by atoms with E-state index in [-0.39, 0.29) is 5.75 Å². The van der Waals surface area contributed by atoms with Crippen LogP contribution in [0.25, 0.3) is 11.3 Å². The number of fused-ring (bicyclic) bond motifs is 1. The summed E-state index contributed by atoms with van der Waals surface area (Å²) in [4.78, 5) is 9.86. The third-order valence-corrected chi connectivity index (χ3v) is 6.26. The maximum absolute atomic E-state index is 13.4. The molecule has 0 atom stereocenters. The van der Waals surface area contributed by atoms with Gasteiger partial charge in [0.1, 0.15) is 17.3 Å². The number of hydrogen-bond acceptors (Lipinski definition) is 5. The normalized spacial score (nSPS) is 13.4. The third-order valence-electron chi connectivity index (χ3n) is 6.26. The Labute approximate surface area is 190 Å². The van der Waals surface area contributed by atoms with Gasteiger partial charge in [0, 0.05) is 6.04 Å². The molecule has 0 spiro atoms. The molecule has 3 rings (SSSR count). The number of benzene rings is 1. The maximum Gasteiger partial charge on any atom is 0.387 e. The summed E-state index contributed by atoms with van der Waals surface area (Å²) in [5.74, 6) is 1.48. The average Bonchev–Trinajstić information content (AvgIpc) is 2.80. The number of nitrogens with one attached hydrogen (secondary N) is 1. The van der Waals surface area contributed by atoms with Gasteiger partial charge in [-0.1, -0.05) is 27.7 Å². The van der Waals surface area contributed by atoms with Crippen molar-refractivity contribution in [2.24, 2.45) is 0 Å². The van der Waals surface area contributed by atoms with Crippen LogP contribution in [0.2, 0.25) is 0 Å². The van der Waals surface area contributed by atoms with E-state index < -0.39 is 6.61 Å². The molecule has 176 valence electrons. The van der Waals surface area contributed by atoms with E-state index in [1.54, 1.807) is 13.2 Å². The van der Waals surface area contributed by atoms with Crippen LogP contribution < -0.4 is 14.8 Å². The fourth-order valence-electron chi connectivity index (χ4n) is 4.48. The molecule has 1 aliphatic rings. The molecular formula is C25H35F2N3O2. The van der Waals surface area contributed by atoms with Crippen molar-refractivity contribution in [3.05, 3.63) is 28.6 Å². The van der Waals surface area contributed by atoms with Gasteiger partial charge in [0.15, 0.2) is 0 Å². The summed E-state index contributed by atoms with van der Waals surface area (Å²) < 4.78 is 37.6. The molecule has 32 heavy (non-hydrogen) atoms. The number of rotatable bonds is 10. The Morgan fingerprint density at radius 2 is 1.69 bits per heavy atom. The van der Waals surface area contributed by atoms with Crippen molar-refractivity contribution >= 4 is 5.82 Å². The highest BCUT2D eigenvalue weighted by molar-refractivity contribution is 5.79. The molecule has 0 unspecified atom stereocenters. The van der Waals surface area contributed by atoms with Crippen molar-refractivity contribution in [1.29, 1.82) is 0 Å². The summed E-state index contributed by atoms with van der Waals surface area (Å²) in [6.07, 6.45) is 7.00. The van der Waals surface area contributed by atoms with E-state index in [0.717, 1.165) is 66.9 Å². The van der Waals surface area contributed by atoms with Crippen molar-refractivity contribution in [2.75, 3.05) is 12.4 Å². The lowest BCUT2D eigenvalue weighted by molar-refractivity contribution is -0.0496. The van der Waals surface area contributed by atoms with E-state index in [1.165, 1.54) is 0 Å². The van der Waals surface area contributed by atoms with Crippen molar-refractivity contribution < 1.29 is 18.3 Å². The fraction of sp³-hybridized carbons (Fsp3) is 0.600. The number of nitrogens with zero attached hydrogens (tertiary/aromatic N) is 2. The molecule has 0 saturated heterocycles. The predicted octanol–water partition coefficient (Wildman–Crippen LogP) is 6.36. The Morgan fingerprint density at radius 1 is 1.00 bits per heavy atom. The van der Waals surface area contributed by atoms with E-state index in [0.29, 0.717) is 35.9 Å². The second kappa shape index (κ2) is 10.9. The molecule has 1 aliphatic carbocycles. The van der Waals surface area contributed by atoms with Gasteiger partial charge in [-0.15, -0.1) is 0 Å². The number of hydrogen-bond donors (Lipinski definition) is 1. The van der Waals surface area contributed by atoms with Gasteiger partial charge >= 0.3 is 6.61 Å². The lowest BCUT2D eigenvalue weighted by atomic mass is 9.87. The molecule has 1 aromatic heterocycles. The minimum Gasteiger partial charge on any atom is -0.496 e. The quantitative estimate of drug-likeness (QED) is 0.459.